The van der Waals surface area contributed by atoms with Crippen LogP contribution >= 0.6 is 0 Å². The molecule has 1 heterocycles. The molecule has 0 unspecified atom stereocenters. The standard InChI is InChI=1S/C61H48N2/c1-39-19-25-45(26-20-39)62(44-13-7-6-8-14-44)46-27-29-47(30-28-46)63-58-33-23-40(42-21-31-50-48-15-9-11-17-54(48)60(2,3)56(50)37-42)35-52(58)53-36-41(24-34-59(53)63)43-22-32-51-49-16-10-12-18-55(49)61(4,5)57(51)38-43/h6-38H,1-5H3. The first-order chi connectivity index (χ1) is 30.6. The van der Waals surface area contributed by atoms with Crippen LogP contribution in [0.1, 0.15) is 55.5 Å². The number of aromatic nitrogens is 1. The van der Waals surface area contributed by atoms with E-state index in [1.807, 2.05) is 0 Å². The second kappa shape index (κ2) is 13.8. The summed E-state index contributed by atoms with van der Waals surface area (Å²) in [6.45, 7) is 11.6. The van der Waals surface area contributed by atoms with Gasteiger partial charge in [0.25, 0.3) is 0 Å². The molecule has 0 fully saturated rings. The van der Waals surface area contributed by atoms with Gasteiger partial charge in [0.15, 0.2) is 0 Å². The van der Waals surface area contributed by atoms with E-state index >= 15 is 0 Å². The van der Waals surface area contributed by atoms with Gasteiger partial charge in [0.2, 0.25) is 0 Å². The van der Waals surface area contributed by atoms with Gasteiger partial charge >= 0.3 is 0 Å². The minimum absolute atomic E-state index is 0.0650. The molecule has 2 heteroatoms. The van der Waals surface area contributed by atoms with Crippen molar-refractivity contribution in [3.05, 3.63) is 228 Å². The second-order valence-electron chi connectivity index (χ2n) is 18.7. The molecule has 10 aromatic rings. The predicted octanol–water partition coefficient (Wildman–Crippen LogP) is 16.5. The largest absolute Gasteiger partial charge is 0.311 e. The molecule has 0 amide bonds. The predicted molar refractivity (Wildman–Crippen MR) is 266 cm³/mol. The lowest BCUT2D eigenvalue weighted by atomic mass is 9.81. The maximum absolute atomic E-state index is 2.45. The highest BCUT2D eigenvalue weighted by atomic mass is 15.1. The molecule has 12 rings (SSSR count). The van der Waals surface area contributed by atoms with Crippen molar-refractivity contribution >= 4 is 38.9 Å². The molecule has 0 radical (unpaired) electrons. The first-order valence-electron chi connectivity index (χ1n) is 22.3. The van der Waals surface area contributed by atoms with Crippen LogP contribution in [0, 0.1) is 6.92 Å². The third-order valence-corrected chi connectivity index (χ3v) is 14.3. The van der Waals surface area contributed by atoms with Crippen molar-refractivity contribution in [3.63, 3.8) is 0 Å². The molecule has 1 aromatic heterocycles. The number of hydrogen-bond acceptors (Lipinski definition) is 1. The Hall–Kier alpha value is -7.42. The molecule has 0 aliphatic heterocycles. The van der Waals surface area contributed by atoms with Crippen LogP contribution in [0.5, 0.6) is 0 Å². The third kappa shape index (κ3) is 5.71. The van der Waals surface area contributed by atoms with Gasteiger partial charge in [0.1, 0.15) is 0 Å². The van der Waals surface area contributed by atoms with Gasteiger partial charge in [-0.3, -0.25) is 0 Å². The average molecular weight is 809 g/mol. The monoisotopic (exact) mass is 808 g/mol. The zero-order chi connectivity index (χ0) is 42.6. The van der Waals surface area contributed by atoms with E-state index in [0.717, 1.165) is 22.7 Å². The van der Waals surface area contributed by atoms with Crippen molar-refractivity contribution < 1.29 is 0 Å². The van der Waals surface area contributed by atoms with Crippen LogP contribution in [0.4, 0.5) is 17.1 Å². The van der Waals surface area contributed by atoms with Gasteiger partial charge in [0.05, 0.1) is 11.0 Å². The number of fused-ring (bicyclic) bond motifs is 9. The average Bonchev–Trinajstić information content (AvgIpc) is 3.86. The quantitative estimate of drug-likeness (QED) is 0.162. The van der Waals surface area contributed by atoms with Crippen molar-refractivity contribution in [2.45, 2.75) is 45.4 Å². The minimum Gasteiger partial charge on any atom is -0.311 e. The minimum atomic E-state index is -0.0650. The highest BCUT2D eigenvalue weighted by Crippen LogP contribution is 2.51. The van der Waals surface area contributed by atoms with Crippen molar-refractivity contribution in [3.8, 4) is 50.2 Å². The van der Waals surface area contributed by atoms with Crippen LogP contribution in [-0.4, -0.2) is 4.57 Å². The summed E-state index contributed by atoms with van der Waals surface area (Å²) in [6, 6.07) is 74.7. The van der Waals surface area contributed by atoms with Gasteiger partial charge in [-0.2, -0.15) is 0 Å². The van der Waals surface area contributed by atoms with E-state index in [1.165, 1.54) is 94.1 Å². The Morgan fingerprint density at radius 1 is 0.349 bits per heavy atom. The van der Waals surface area contributed by atoms with Crippen molar-refractivity contribution in [1.29, 1.82) is 0 Å². The molecule has 63 heavy (non-hydrogen) atoms. The van der Waals surface area contributed by atoms with Crippen LogP contribution < -0.4 is 4.90 Å². The van der Waals surface area contributed by atoms with E-state index in [0.29, 0.717) is 0 Å². The summed E-state index contributed by atoms with van der Waals surface area (Å²) >= 11 is 0. The van der Waals surface area contributed by atoms with E-state index in [1.54, 1.807) is 0 Å². The Bertz CT molecular complexity index is 3270. The fourth-order valence-corrected chi connectivity index (χ4v) is 10.9. The Kier molecular flexibility index (Phi) is 8.18. The van der Waals surface area contributed by atoms with Gasteiger partial charge < -0.3 is 9.47 Å². The van der Waals surface area contributed by atoms with Crippen molar-refractivity contribution in [1.82, 2.24) is 4.57 Å². The lowest BCUT2D eigenvalue weighted by Crippen LogP contribution is -2.14. The van der Waals surface area contributed by atoms with Gasteiger partial charge in [-0.15, -0.1) is 0 Å². The third-order valence-electron chi connectivity index (χ3n) is 14.3. The topological polar surface area (TPSA) is 8.17 Å². The summed E-state index contributed by atoms with van der Waals surface area (Å²) in [5.41, 5.74) is 23.9. The molecule has 2 nitrogen and oxygen atoms in total. The number of rotatable bonds is 6. The highest BCUT2D eigenvalue weighted by Gasteiger charge is 2.36. The molecular weight excluding hydrogens is 761 g/mol. The second-order valence-corrected chi connectivity index (χ2v) is 18.7. The number of hydrogen-bond donors (Lipinski definition) is 0. The Labute approximate surface area is 370 Å². The molecule has 2 aliphatic carbocycles. The lowest BCUT2D eigenvalue weighted by molar-refractivity contribution is 0.660. The Balaban J connectivity index is 1.01. The molecular formula is C61H48N2. The summed E-state index contributed by atoms with van der Waals surface area (Å²) in [5.74, 6) is 0. The summed E-state index contributed by atoms with van der Waals surface area (Å²) in [5, 5.41) is 2.49. The van der Waals surface area contributed by atoms with Crippen LogP contribution in [0.25, 0.3) is 72.0 Å². The van der Waals surface area contributed by atoms with Gasteiger partial charge in [-0.25, -0.2) is 0 Å². The normalized spacial score (nSPS) is 14.0. The zero-order valence-corrected chi connectivity index (χ0v) is 36.4. The Morgan fingerprint density at radius 2 is 0.746 bits per heavy atom. The molecule has 0 N–H and O–H groups in total. The first-order valence-corrected chi connectivity index (χ1v) is 22.3. The zero-order valence-electron chi connectivity index (χ0n) is 36.4. The highest BCUT2D eigenvalue weighted by molar-refractivity contribution is 6.12. The molecule has 0 atom stereocenters. The first kappa shape index (κ1) is 37.4. The van der Waals surface area contributed by atoms with Crippen molar-refractivity contribution in [2.24, 2.45) is 0 Å². The molecule has 0 saturated carbocycles. The molecule has 0 saturated heterocycles. The summed E-state index contributed by atoms with van der Waals surface area (Å²) in [7, 11) is 0. The van der Waals surface area contributed by atoms with E-state index in [4.69, 9.17) is 0 Å². The van der Waals surface area contributed by atoms with Gasteiger partial charge in [0, 0.05) is 44.4 Å². The van der Waals surface area contributed by atoms with E-state index in [9.17, 15) is 0 Å². The molecule has 2 aliphatic rings. The van der Waals surface area contributed by atoms with Crippen LogP contribution in [0.2, 0.25) is 0 Å². The molecule has 302 valence electrons. The van der Waals surface area contributed by atoms with Crippen LogP contribution in [0.15, 0.2) is 200 Å². The van der Waals surface area contributed by atoms with Gasteiger partial charge in [-0.1, -0.05) is 149 Å². The number of aryl methyl sites for hydroxylation is 1. The van der Waals surface area contributed by atoms with E-state index in [-0.39, 0.29) is 10.8 Å². The summed E-state index contributed by atoms with van der Waals surface area (Å²) < 4.78 is 2.45. The van der Waals surface area contributed by atoms with Crippen molar-refractivity contribution in [2.75, 3.05) is 4.90 Å². The van der Waals surface area contributed by atoms with Crippen LogP contribution in [-0.2, 0) is 10.8 Å². The maximum Gasteiger partial charge on any atom is 0.0541 e. The number of para-hydroxylation sites is 1. The number of anilines is 3. The summed E-state index contributed by atoms with van der Waals surface area (Å²) in [4.78, 5) is 2.33. The fraction of sp³-hybridized carbons (Fsp3) is 0.115. The molecule has 9 aromatic carbocycles. The lowest BCUT2D eigenvalue weighted by Gasteiger charge is -2.26. The summed E-state index contributed by atoms with van der Waals surface area (Å²) in [6.07, 6.45) is 0. The van der Waals surface area contributed by atoms with E-state index in [2.05, 4.69) is 244 Å². The van der Waals surface area contributed by atoms with Gasteiger partial charge in [-0.05, 0) is 159 Å². The molecule has 0 spiro atoms. The number of nitrogens with zero attached hydrogens (tertiary/aromatic N) is 2. The molecule has 0 bridgehead atoms. The maximum atomic E-state index is 2.45. The smallest absolute Gasteiger partial charge is 0.0541 e. The van der Waals surface area contributed by atoms with Crippen LogP contribution in [0.3, 0.4) is 0 Å². The number of benzene rings is 9. The fourth-order valence-electron chi connectivity index (χ4n) is 10.9. The Morgan fingerprint density at radius 3 is 1.25 bits per heavy atom. The van der Waals surface area contributed by atoms with E-state index < -0.39 is 0 Å². The SMILES string of the molecule is Cc1ccc(N(c2ccccc2)c2ccc(-n3c4ccc(-c5ccc6c(c5)C(C)(C)c5ccccc5-6)cc4c4cc(-c5ccc6c(c5)C(C)(C)c5ccccc5-6)ccc43)cc2)cc1.